The zero-order chi connectivity index (χ0) is 23.8. The van der Waals surface area contributed by atoms with Crippen LogP contribution < -0.4 is 16.2 Å². The molecule has 1 saturated carbocycles. The standard InChI is InChI=1S/C25H30N6O3/c1-34-19-6-2-4-17(10-19)21(32)14-30-15-28-22-20(11-26)24(29-9-3-5-18(27)13-29)31(12-16-7-8-16)23(22)25(30)33/h2,4,6,15-18H,3,5,7-10,12-14,27H2,1H3/t17?,18-/m1/s1. The Morgan fingerprint density at radius 1 is 1.35 bits per heavy atom. The van der Waals surface area contributed by atoms with Gasteiger partial charge in [-0.2, -0.15) is 5.26 Å². The highest BCUT2D eigenvalue weighted by Gasteiger charge is 2.32. The number of methoxy groups -OCH3 is 1. The molecule has 2 fully saturated rings. The number of hydrogen-bond acceptors (Lipinski definition) is 7. The second-order valence-corrected chi connectivity index (χ2v) is 9.59. The average molecular weight is 463 g/mol. The van der Waals surface area contributed by atoms with E-state index in [1.807, 2.05) is 22.8 Å². The van der Waals surface area contributed by atoms with Crippen LogP contribution in [0.25, 0.3) is 11.0 Å². The molecule has 3 aliphatic rings. The number of ether oxygens (including phenoxy) is 1. The van der Waals surface area contributed by atoms with Crippen molar-refractivity contribution >= 4 is 22.6 Å². The van der Waals surface area contributed by atoms with Crippen molar-refractivity contribution in [2.75, 3.05) is 25.1 Å². The number of carbonyl (C=O) groups is 1. The number of nitrogens with two attached hydrogens (primary N) is 1. The molecule has 178 valence electrons. The molecule has 2 aromatic heterocycles. The predicted molar refractivity (Wildman–Crippen MR) is 128 cm³/mol. The van der Waals surface area contributed by atoms with Gasteiger partial charge < -0.3 is 19.9 Å². The van der Waals surface area contributed by atoms with E-state index >= 15 is 0 Å². The van der Waals surface area contributed by atoms with Crippen LogP contribution in [0.2, 0.25) is 0 Å². The van der Waals surface area contributed by atoms with E-state index in [0.717, 1.165) is 43.8 Å². The highest BCUT2D eigenvalue weighted by Crippen LogP contribution is 2.37. The first-order valence-electron chi connectivity index (χ1n) is 12.0. The van der Waals surface area contributed by atoms with Crippen molar-refractivity contribution in [3.8, 4) is 6.07 Å². The van der Waals surface area contributed by atoms with Crippen molar-refractivity contribution < 1.29 is 9.53 Å². The van der Waals surface area contributed by atoms with Gasteiger partial charge in [0.25, 0.3) is 5.56 Å². The molecule has 34 heavy (non-hydrogen) atoms. The topological polar surface area (TPSA) is 119 Å². The van der Waals surface area contributed by atoms with Crippen LogP contribution in [0.4, 0.5) is 5.82 Å². The van der Waals surface area contributed by atoms with Crippen LogP contribution in [0.15, 0.2) is 35.1 Å². The molecule has 2 aliphatic carbocycles. The van der Waals surface area contributed by atoms with Gasteiger partial charge in [0.05, 0.1) is 25.7 Å². The third-order valence-corrected chi connectivity index (χ3v) is 7.06. The number of hydrogen-bond donors (Lipinski definition) is 1. The Morgan fingerprint density at radius 2 is 2.18 bits per heavy atom. The van der Waals surface area contributed by atoms with Gasteiger partial charge in [-0.05, 0) is 37.7 Å². The van der Waals surface area contributed by atoms with Gasteiger partial charge in [0.2, 0.25) is 0 Å². The molecule has 1 aliphatic heterocycles. The molecule has 0 amide bonds. The number of Topliss-reactive ketones (excluding diaryl/α,β-unsaturated/α-hetero) is 1. The normalized spacial score (nSPS) is 22.5. The molecule has 2 N–H and O–H groups in total. The Balaban J connectivity index is 1.55. The first kappa shape index (κ1) is 22.4. The summed E-state index contributed by atoms with van der Waals surface area (Å²) in [6, 6.07) is 2.34. The van der Waals surface area contributed by atoms with Crippen LogP contribution in [0.3, 0.4) is 0 Å². The van der Waals surface area contributed by atoms with Crippen molar-refractivity contribution in [1.29, 1.82) is 5.26 Å². The third-order valence-electron chi connectivity index (χ3n) is 7.06. The molecule has 1 saturated heterocycles. The molecule has 1 unspecified atom stereocenters. The van der Waals surface area contributed by atoms with Gasteiger partial charge in [-0.25, -0.2) is 4.98 Å². The van der Waals surface area contributed by atoms with E-state index in [4.69, 9.17) is 10.5 Å². The summed E-state index contributed by atoms with van der Waals surface area (Å²) in [5.74, 6) is 1.55. The van der Waals surface area contributed by atoms with E-state index in [1.165, 1.54) is 10.9 Å². The monoisotopic (exact) mass is 462 g/mol. The Morgan fingerprint density at radius 3 is 2.88 bits per heavy atom. The number of ketones is 1. The van der Waals surface area contributed by atoms with Gasteiger partial charge in [0.15, 0.2) is 5.78 Å². The second kappa shape index (κ2) is 9.11. The molecule has 0 spiro atoms. The first-order valence-corrected chi connectivity index (χ1v) is 12.0. The van der Waals surface area contributed by atoms with Crippen molar-refractivity contribution in [3.05, 3.63) is 46.2 Å². The molecular weight excluding hydrogens is 432 g/mol. The van der Waals surface area contributed by atoms with Crippen molar-refractivity contribution in [1.82, 2.24) is 14.1 Å². The summed E-state index contributed by atoms with van der Waals surface area (Å²) >= 11 is 0. The summed E-state index contributed by atoms with van der Waals surface area (Å²) in [4.78, 5) is 33.3. The number of aromatic nitrogens is 3. The lowest BCUT2D eigenvalue weighted by atomic mass is 9.95. The number of carbonyl (C=O) groups excluding carboxylic acids is 1. The maximum absolute atomic E-state index is 13.7. The molecule has 0 radical (unpaired) electrons. The van der Waals surface area contributed by atoms with Gasteiger partial charge in [-0.3, -0.25) is 14.2 Å². The van der Waals surface area contributed by atoms with Crippen LogP contribution in [-0.4, -0.2) is 46.1 Å². The largest absolute Gasteiger partial charge is 0.501 e. The number of anilines is 1. The van der Waals surface area contributed by atoms with E-state index in [9.17, 15) is 14.9 Å². The third kappa shape index (κ3) is 4.14. The molecule has 9 nitrogen and oxygen atoms in total. The Kier molecular flexibility index (Phi) is 6.00. The lowest BCUT2D eigenvalue weighted by Gasteiger charge is -2.33. The van der Waals surface area contributed by atoms with Crippen LogP contribution >= 0.6 is 0 Å². The van der Waals surface area contributed by atoms with Crippen molar-refractivity contribution in [2.24, 2.45) is 17.6 Å². The van der Waals surface area contributed by atoms with E-state index < -0.39 is 0 Å². The van der Waals surface area contributed by atoms with Crippen molar-refractivity contribution in [2.45, 2.75) is 51.2 Å². The second-order valence-electron chi connectivity index (χ2n) is 9.59. The molecule has 3 heterocycles. The number of nitrogens with zero attached hydrogens (tertiary/aromatic N) is 5. The van der Waals surface area contributed by atoms with Gasteiger partial charge in [-0.1, -0.05) is 12.2 Å². The highest BCUT2D eigenvalue weighted by molar-refractivity contribution is 5.90. The lowest BCUT2D eigenvalue weighted by molar-refractivity contribution is -0.122. The van der Waals surface area contributed by atoms with Gasteiger partial charge in [0, 0.05) is 38.0 Å². The molecule has 2 aromatic rings. The SMILES string of the molecule is COC1=CC=CC(C(=O)Cn2cnc3c(C#N)c(N4CCC[C@@H](N)C4)n(CC4CC4)c3c2=O)C1. The Hall–Kier alpha value is -3.38. The summed E-state index contributed by atoms with van der Waals surface area (Å²) in [5.41, 5.74) is 7.19. The molecule has 9 heteroatoms. The van der Waals surface area contributed by atoms with Gasteiger partial charge in [0.1, 0.15) is 28.5 Å². The Bertz CT molecular complexity index is 1280. The molecule has 0 aromatic carbocycles. The zero-order valence-corrected chi connectivity index (χ0v) is 19.4. The van der Waals surface area contributed by atoms with E-state index in [0.29, 0.717) is 42.0 Å². The summed E-state index contributed by atoms with van der Waals surface area (Å²) < 4.78 is 8.64. The minimum Gasteiger partial charge on any atom is -0.501 e. The number of piperidine rings is 1. The van der Waals surface area contributed by atoms with Gasteiger partial charge in [-0.15, -0.1) is 0 Å². The maximum Gasteiger partial charge on any atom is 0.278 e. The average Bonchev–Trinajstić information content (AvgIpc) is 3.61. The van der Waals surface area contributed by atoms with Gasteiger partial charge >= 0.3 is 0 Å². The number of rotatable bonds is 7. The van der Waals surface area contributed by atoms with E-state index in [1.54, 1.807) is 7.11 Å². The smallest absolute Gasteiger partial charge is 0.278 e. The molecular formula is C25H30N6O3. The highest BCUT2D eigenvalue weighted by atomic mass is 16.5. The van der Waals surface area contributed by atoms with Crippen LogP contribution in [0.5, 0.6) is 0 Å². The molecule has 2 atom stereocenters. The molecule has 5 rings (SSSR count). The minimum atomic E-state index is -0.346. The van der Waals surface area contributed by atoms with E-state index in [2.05, 4.69) is 16.0 Å². The fraction of sp³-hybridized carbons (Fsp3) is 0.520. The summed E-state index contributed by atoms with van der Waals surface area (Å²) in [5, 5.41) is 10.1. The fourth-order valence-corrected chi connectivity index (χ4v) is 5.04. The fourth-order valence-electron chi connectivity index (χ4n) is 5.04. The van der Waals surface area contributed by atoms with Crippen LogP contribution in [0, 0.1) is 23.2 Å². The summed E-state index contributed by atoms with van der Waals surface area (Å²) in [7, 11) is 1.59. The Labute approximate surface area is 198 Å². The molecule has 0 bridgehead atoms. The van der Waals surface area contributed by atoms with Crippen molar-refractivity contribution in [3.63, 3.8) is 0 Å². The zero-order valence-electron chi connectivity index (χ0n) is 19.4. The quantitative estimate of drug-likeness (QED) is 0.669. The number of fused-ring (bicyclic) bond motifs is 1. The summed E-state index contributed by atoms with van der Waals surface area (Å²) in [6.45, 7) is 2.03. The maximum atomic E-state index is 13.7. The number of allylic oxidation sites excluding steroid dienone is 4. The summed E-state index contributed by atoms with van der Waals surface area (Å²) in [6.07, 6.45) is 11.5. The van der Waals surface area contributed by atoms with E-state index in [-0.39, 0.29) is 29.8 Å². The lowest BCUT2D eigenvalue weighted by Crippen LogP contribution is -2.44. The van der Waals surface area contributed by atoms with Crippen LogP contribution in [0.1, 0.15) is 37.7 Å². The first-order chi connectivity index (χ1) is 16.5. The predicted octanol–water partition coefficient (Wildman–Crippen LogP) is 2.08. The minimum absolute atomic E-state index is 0.0320. The van der Waals surface area contributed by atoms with Crippen LogP contribution in [-0.2, 0) is 22.6 Å². The number of nitriles is 1.